The van der Waals surface area contributed by atoms with Crippen molar-refractivity contribution in [2.75, 3.05) is 35.2 Å². The lowest BCUT2D eigenvalue weighted by molar-refractivity contribution is -0.144. The molecular weight excluding hydrogens is 867 g/mol. The second-order valence-corrected chi connectivity index (χ2v) is 20.7. The standard InChI is InChI=1S/C50H61N11O5S/c1-29-44(67-28-54-29)32-13-11-31(12-14-32)24-53-48(65)40-22-36(62)27-60(40)49(66)45(50(2,3)4)56-43(64)21-30-9-15-33(16-10-30)47-52-20-19-42(55-47)61-34-17-18-35(61)26-59(25-34)39-23-38(57-58-46(39)51)37-7-5-6-8-41(37)63/h5-8,11-14,19-20,23,28,30,33-36,40,45,62-63H,9-10,15-18,21-22,24-27H2,1-4H3,(H2,51,58)(H,53,65)(H,56,64)/t30-,33+,34?,35?,36-,40+,45-/m1/s1. The van der Waals surface area contributed by atoms with Crippen LogP contribution in [0.1, 0.15) is 95.1 Å². The second kappa shape index (κ2) is 19.2. The molecule has 0 spiro atoms. The number of carbonyl (C=O) groups is 3. The number of para-hydroxylation sites is 1. The second-order valence-electron chi connectivity index (χ2n) is 19.9. The Labute approximate surface area is 395 Å². The van der Waals surface area contributed by atoms with Gasteiger partial charge in [0, 0.05) is 68.8 Å². The van der Waals surface area contributed by atoms with E-state index in [4.69, 9.17) is 15.7 Å². The maximum absolute atomic E-state index is 14.3. The molecule has 1 saturated carbocycles. The third kappa shape index (κ3) is 9.94. The predicted octanol–water partition coefficient (Wildman–Crippen LogP) is 5.98. The van der Waals surface area contributed by atoms with E-state index in [9.17, 15) is 24.6 Å². The molecule has 9 rings (SSSR count). The van der Waals surface area contributed by atoms with Gasteiger partial charge in [-0.15, -0.1) is 21.5 Å². The summed E-state index contributed by atoms with van der Waals surface area (Å²) in [7, 11) is 0. The number of aryl methyl sites for hydroxylation is 1. The van der Waals surface area contributed by atoms with Crippen molar-refractivity contribution >= 4 is 46.4 Å². The minimum absolute atomic E-state index is 0.0221. The topological polar surface area (TPSA) is 216 Å². The lowest BCUT2D eigenvalue weighted by atomic mass is 9.79. The van der Waals surface area contributed by atoms with Crippen molar-refractivity contribution in [2.45, 2.75) is 122 Å². The van der Waals surface area contributed by atoms with E-state index < -0.39 is 23.6 Å². The van der Waals surface area contributed by atoms with Crippen molar-refractivity contribution in [1.82, 2.24) is 40.7 Å². The number of aliphatic hydroxyl groups excluding tert-OH is 1. The van der Waals surface area contributed by atoms with Gasteiger partial charge >= 0.3 is 0 Å². The molecule has 5 atom stereocenters. The van der Waals surface area contributed by atoms with Gasteiger partial charge in [-0.05, 0) is 92.2 Å². The van der Waals surface area contributed by atoms with Gasteiger partial charge in [0.05, 0.1) is 33.6 Å². The number of benzene rings is 2. The highest BCUT2D eigenvalue weighted by Gasteiger charge is 2.45. The van der Waals surface area contributed by atoms with Crippen molar-refractivity contribution in [3.8, 4) is 27.4 Å². The number of carbonyl (C=O) groups excluding carboxylic acids is 3. The van der Waals surface area contributed by atoms with E-state index in [-0.39, 0.29) is 66.9 Å². The summed E-state index contributed by atoms with van der Waals surface area (Å²) in [5.74, 6) is 1.70. The first-order valence-electron chi connectivity index (χ1n) is 23.5. The van der Waals surface area contributed by atoms with Crippen LogP contribution in [0, 0.1) is 18.3 Å². The number of nitrogens with two attached hydrogens (primary N) is 1. The highest BCUT2D eigenvalue weighted by atomic mass is 32.1. The number of piperazine rings is 1. The van der Waals surface area contributed by atoms with Crippen molar-refractivity contribution in [3.63, 3.8) is 0 Å². The van der Waals surface area contributed by atoms with E-state index >= 15 is 0 Å². The Morgan fingerprint density at radius 3 is 2.34 bits per heavy atom. The highest BCUT2D eigenvalue weighted by molar-refractivity contribution is 7.13. The summed E-state index contributed by atoms with van der Waals surface area (Å²) in [6, 6.07) is 17.7. The van der Waals surface area contributed by atoms with Crippen LogP contribution in [0.3, 0.4) is 0 Å². The van der Waals surface area contributed by atoms with Crippen LogP contribution in [-0.4, -0.2) is 108 Å². The summed E-state index contributed by atoms with van der Waals surface area (Å²) < 4.78 is 0. The SMILES string of the molecule is Cc1ncsc1-c1ccc(CNC(=O)[C@@H]2C[C@@H](O)CN2C(=O)[C@@H](NC(=O)C[C@H]2CC[C@@H](c3nccc(N4C5CCC4CN(c4cc(-c6ccccc6O)nnc4N)C5)n3)CC2)C(C)(C)C)cc1. The fourth-order valence-corrected chi connectivity index (χ4v) is 11.3. The number of aliphatic hydroxyl groups is 1. The molecule has 6 N–H and O–H groups in total. The number of nitrogens with zero attached hydrogens (tertiary/aromatic N) is 8. The van der Waals surface area contributed by atoms with Crippen LogP contribution in [-0.2, 0) is 20.9 Å². The zero-order valence-corrected chi connectivity index (χ0v) is 39.5. The summed E-state index contributed by atoms with van der Waals surface area (Å²) in [6.45, 7) is 9.50. The number of hydrogen-bond acceptors (Lipinski definition) is 14. The molecule has 4 aliphatic rings. The van der Waals surface area contributed by atoms with E-state index in [0.29, 0.717) is 23.5 Å². The largest absolute Gasteiger partial charge is 0.507 e. The average molecular weight is 928 g/mol. The smallest absolute Gasteiger partial charge is 0.246 e. The number of phenols is 1. The molecule has 0 radical (unpaired) electrons. The Bertz CT molecular complexity index is 2580. The number of thiazole rings is 1. The van der Waals surface area contributed by atoms with Crippen LogP contribution in [0.15, 0.2) is 72.4 Å². The van der Waals surface area contributed by atoms with Gasteiger partial charge < -0.3 is 41.3 Å². The van der Waals surface area contributed by atoms with Crippen LogP contribution in [0.25, 0.3) is 21.7 Å². The molecule has 17 heteroatoms. The fraction of sp³-hybridized carbons (Fsp3) is 0.480. The first-order chi connectivity index (χ1) is 32.2. The van der Waals surface area contributed by atoms with E-state index in [1.165, 1.54) is 4.90 Å². The van der Waals surface area contributed by atoms with E-state index in [1.54, 1.807) is 23.5 Å². The minimum Gasteiger partial charge on any atom is -0.507 e. The Morgan fingerprint density at radius 1 is 0.925 bits per heavy atom. The summed E-state index contributed by atoms with van der Waals surface area (Å²) >= 11 is 1.58. The molecule has 5 aromatic rings. The monoisotopic (exact) mass is 927 g/mol. The Hall–Kier alpha value is -6.20. The van der Waals surface area contributed by atoms with Gasteiger partial charge in [0.25, 0.3) is 0 Å². The number of amides is 3. The molecule has 352 valence electrons. The number of β-amino-alcohol motifs (C(OH)–C–C–N with tert-alkyl or cyclic N) is 1. The number of aromatic hydroxyl groups is 1. The summed E-state index contributed by atoms with van der Waals surface area (Å²) in [5.41, 5.74) is 12.5. The van der Waals surface area contributed by atoms with Crippen LogP contribution in [0.4, 0.5) is 17.3 Å². The third-order valence-corrected chi connectivity index (χ3v) is 15.1. The van der Waals surface area contributed by atoms with Gasteiger partial charge in [0.15, 0.2) is 5.82 Å². The molecular formula is C50H61N11O5S. The van der Waals surface area contributed by atoms with Gasteiger partial charge in [-0.2, -0.15) is 0 Å². The van der Waals surface area contributed by atoms with Crippen LogP contribution >= 0.6 is 11.3 Å². The number of phenolic OH excluding ortho intramolecular Hbond substituents is 1. The predicted molar refractivity (Wildman–Crippen MR) is 258 cm³/mol. The Balaban J connectivity index is 0.778. The van der Waals surface area contributed by atoms with Crippen LogP contribution in [0.5, 0.6) is 5.75 Å². The zero-order valence-electron chi connectivity index (χ0n) is 38.6. The Kier molecular flexibility index (Phi) is 13.2. The van der Waals surface area contributed by atoms with Crippen molar-refractivity contribution < 1.29 is 24.6 Å². The van der Waals surface area contributed by atoms with Gasteiger partial charge in [0.1, 0.15) is 29.5 Å². The van der Waals surface area contributed by atoms with Crippen LogP contribution in [0.2, 0.25) is 0 Å². The lowest BCUT2D eigenvalue weighted by Crippen LogP contribution is -2.57. The quantitative estimate of drug-likeness (QED) is 0.0975. The molecule has 67 heavy (non-hydrogen) atoms. The van der Waals surface area contributed by atoms with Gasteiger partial charge in [-0.3, -0.25) is 14.4 Å². The number of aromatic nitrogens is 5. The molecule has 4 fully saturated rings. The van der Waals surface area contributed by atoms with E-state index in [1.807, 2.05) is 87.9 Å². The number of fused-ring (bicyclic) bond motifs is 2. The average Bonchev–Trinajstić information content (AvgIpc) is 4.01. The lowest BCUT2D eigenvalue weighted by Gasteiger charge is -2.43. The summed E-state index contributed by atoms with van der Waals surface area (Å²) in [6.07, 6.45) is 6.88. The summed E-state index contributed by atoms with van der Waals surface area (Å²) in [4.78, 5) is 63.1. The maximum atomic E-state index is 14.3. The van der Waals surface area contributed by atoms with Crippen molar-refractivity contribution in [3.05, 3.63) is 89.5 Å². The van der Waals surface area contributed by atoms with Gasteiger partial charge in [-0.1, -0.05) is 57.2 Å². The molecule has 3 amide bonds. The Morgan fingerprint density at radius 2 is 1.66 bits per heavy atom. The molecule has 2 aromatic carbocycles. The van der Waals surface area contributed by atoms with Gasteiger partial charge in [0.2, 0.25) is 17.7 Å². The minimum atomic E-state index is -0.882. The van der Waals surface area contributed by atoms with E-state index in [2.05, 4.69) is 35.6 Å². The summed E-state index contributed by atoms with van der Waals surface area (Å²) in [5, 5.41) is 35.7. The fourth-order valence-electron chi connectivity index (χ4n) is 10.5. The van der Waals surface area contributed by atoms with Gasteiger partial charge in [-0.25, -0.2) is 15.0 Å². The van der Waals surface area contributed by atoms with Crippen molar-refractivity contribution in [1.29, 1.82) is 0 Å². The first-order valence-corrected chi connectivity index (χ1v) is 24.4. The number of nitrogens with one attached hydrogen (secondary N) is 2. The number of rotatable bonds is 12. The van der Waals surface area contributed by atoms with E-state index in [0.717, 1.165) is 90.6 Å². The molecule has 3 saturated heterocycles. The normalized spacial score (nSPS) is 23.3. The molecule has 1 aliphatic carbocycles. The number of likely N-dealkylation sites (tertiary alicyclic amines) is 1. The number of anilines is 3. The van der Waals surface area contributed by atoms with Crippen LogP contribution < -0.4 is 26.2 Å². The highest BCUT2D eigenvalue weighted by Crippen LogP contribution is 2.41. The molecule has 3 aliphatic heterocycles. The number of nitrogen functional groups attached to an aromatic ring is 1. The molecule has 2 bridgehead atoms. The molecule has 3 aromatic heterocycles. The molecule has 2 unspecified atom stereocenters. The maximum Gasteiger partial charge on any atom is 0.246 e. The molecule has 16 nitrogen and oxygen atoms in total. The first kappa shape index (κ1) is 45.9. The zero-order chi connectivity index (χ0) is 47.0. The molecule has 6 heterocycles. The van der Waals surface area contributed by atoms with Crippen molar-refractivity contribution in [2.24, 2.45) is 11.3 Å². The third-order valence-electron chi connectivity index (χ3n) is 14.1. The number of hydrogen-bond donors (Lipinski definition) is 5.